The number of para-hydroxylation sites is 1. The summed E-state index contributed by atoms with van der Waals surface area (Å²) >= 11 is 6.08. The molecule has 1 aliphatic heterocycles. The number of hydrogen-bond donors (Lipinski definition) is 1. The number of fused-ring (bicyclic) bond motifs is 1. The summed E-state index contributed by atoms with van der Waals surface area (Å²) < 4.78 is 28.3. The number of hydrogen-bond acceptors (Lipinski definition) is 4. The van der Waals surface area contributed by atoms with E-state index >= 15 is 0 Å². The molecule has 1 unspecified atom stereocenters. The van der Waals surface area contributed by atoms with Crippen LogP contribution in [0, 0.1) is 0 Å². The van der Waals surface area contributed by atoms with Crippen LogP contribution in [0.25, 0.3) is 11.0 Å². The Morgan fingerprint density at radius 2 is 2.16 bits per heavy atom. The van der Waals surface area contributed by atoms with Crippen LogP contribution in [-0.2, 0) is 16.4 Å². The lowest BCUT2D eigenvalue weighted by molar-refractivity contribution is 0.547. The van der Waals surface area contributed by atoms with Gasteiger partial charge in [0.05, 0.1) is 11.5 Å². The molecule has 6 heteroatoms. The number of nitrogens with one attached hydrogen (secondary N) is 1. The topological polar surface area (TPSA) is 59.3 Å². The highest BCUT2D eigenvalue weighted by molar-refractivity contribution is 7.91. The second-order valence-electron chi connectivity index (χ2n) is 4.83. The Balaban J connectivity index is 1.77. The minimum atomic E-state index is -2.86. The van der Waals surface area contributed by atoms with Gasteiger partial charge >= 0.3 is 0 Å². The van der Waals surface area contributed by atoms with Crippen molar-refractivity contribution in [2.75, 3.05) is 11.5 Å². The third-order valence-corrected chi connectivity index (χ3v) is 5.52. The molecule has 1 aromatic carbocycles. The first-order valence-corrected chi connectivity index (χ1v) is 8.35. The maximum Gasteiger partial charge on any atom is 0.199 e. The van der Waals surface area contributed by atoms with E-state index in [0.29, 0.717) is 18.2 Å². The zero-order valence-electron chi connectivity index (χ0n) is 10.2. The summed E-state index contributed by atoms with van der Waals surface area (Å²) in [4.78, 5) is 0. The van der Waals surface area contributed by atoms with E-state index in [1.807, 2.05) is 24.3 Å². The first kappa shape index (κ1) is 13.0. The van der Waals surface area contributed by atoms with Crippen LogP contribution in [-0.4, -0.2) is 26.0 Å². The van der Waals surface area contributed by atoms with Crippen molar-refractivity contribution in [1.29, 1.82) is 0 Å². The Bertz CT molecular complexity index is 708. The van der Waals surface area contributed by atoms with Crippen molar-refractivity contribution in [1.82, 2.24) is 5.32 Å². The smallest absolute Gasteiger partial charge is 0.199 e. The van der Waals surface area contributed by atoms with E-state index in [1.54, 1.807) is 0 Å². The van der Waals surface area contributed by atoms with E-state index in [0.717, 1.165) is 16.5 Å². The number of benzene rings is 1. The van der Waals surface area contributed by atoms with Crippen LogP contribution in [0.15, 0.2) is 28.7 Å². The van der Waals surface area contributed by atoms with Crippen molar-refractivity contribution in [2.24, 2.45) is 0 Å². The van der Waals surface area contributed by atoms with Crippen molar-refractivity contribution < 1.29 is 12.8 Å². The molecule has 0 saturated carbocycles. The predicted molar refractivity (Wildman–Crippen MR) is 75.1 cm³/mol. The second-order valence-corrected chi connectivity index (χ2v) is 7.40. The van der Waals surface area contributed by atoms with Gasteiger partial charge in [0.2, 0.25) is 0 Å². The van der Waals surface area contributed by atoms with E-state index in [2.05, 4.69) is 5.32 Å². The fourth-order valence-corrected chi connectivity index (χ4v) is 4.40. The van der Waals surface area contributed by atoms with Gasteiger partial charge in [-0.05, 0) is 24.1 Å². The zero-order chi connectivity index (χ0) is 13.5. The maximum atomic E-state index is 11.4. The van der Waals surface area contributed by atoms with Gasteiger partial charge in [0.1, 0.15) is 5.58 Å². The highest BCUT2D eigenvalue weighted by atomic mass is 35.5. The summed E-state index contributed by atoms with van der Waals surface area (Å²) in [5.74, 6) is 0.477. The van der Waals surface area contributed by atoms with Crippen LogP contribution in [0.2, 0.25) is 5.22 Å². The van der Waals surface area contributed by atoms with E-state index in [-0.39, 0.29) is 17.5 Å². The second kappa shape index (κ2) is 4.81. The lowest BCUT2D eigenvalue weighted by Gasteiger charge is -2.09. The van der Waals surface area contributed by atoms with E-state index < -0.39 is 9.84 Å². The molecule has 2 heterocycles. The van der Waals surface area contributed by atoms with Crippen molar-refractivity contribution in [2.45, 2.75) is 19.0 Å². The molecule has 1 fully saturated rings. The molecule has 0 spiro atoms. The van der Waals surface area contributed by atoms with Crippen LogP contribution >= 0.6 is 11.6 Å². The van der Waals surface area contributed by atoms with E-state index in [1.165, 1.54) is 0 Å². The van der Waals surface area contributed by atoms with Crippen LogP contribution in [0.5, 0.6) is 0 Å². The molecule has 0 amide bonds. The van der Waals surface area contributed by atoms with Crippen LogP contribution in [0.4, 0.5) is 0 Å². The number of furan rings is 1. The van der Waals surface area contributed by atoms with Crippen molar-refractivity contribution in [3.8, 4) is 0 Å². The average Bonchev–Trinajstić information content (AvgIpc) is 2.86. The van der Waals surface area contributed by atoms with Gasteiger partial charge in [-0.2, -0.15) is 0 Å². The molecule has 4 nitrogen and oxygen atoms in total. The number of halogens is 1. The summed E-state index contributed by atoms with van der Waals surface area (Å²) in [6.07, 6.45) is 0.662. The average molecular weight is 300 g/mol. The Morgan fingerprint density at radius 3 is 2.89 bits per heavy atom. The highest BCUT2D eigenvalue weighted by Gasteiger charge is 2.27. The van der Waals surface area contributed by atoms with Gasteiger partial charge in [-0.15, -0.1) is 0 Å². The van der Waals surface area contributed by atoms with Crippen LogP contribution in [0.3, 0.4) is 0 Å². The van der Waals surface area contributed by atoms with Gasteiger partial charge in [-0.25, -0.2) is 8.42 Å². The molecular formula is C13H14ClNO3S. The van der Waals surface area contributed by atoms with Gasteiger partial charge in [0.15, 0.2) is 15.1 Å². The molecule has 0 radical (unpaired) electrons. The third-order valence-electron chi connectivity index (χ3n) is 3.45. The van der Waals surface area contributed by atoms with Gasteiger partial charge in [0, 0.05) is 23.5 Å². The quantitative estimate of drug-likeness (QED) is 0.945. The highest BCUT2D eigenvalue weighted by Crippen LogP contribution is 2.29. The molecule has 1 saturated heterocycles. The van der Waals surface area contributed by atoms with Gasteiger partial charge in [0.25, 0.3) is 0 Å². The predicted octanol–water partition coefficient (Wildman–Crippen LogP) is 2.36. The van der Waals surface area contributed by atoms with Crippen molar-refractivity contribution >= 4 is 32.4 Å². The zero-order valence-corrected chi connectivity index (χ0v) is 11.8. The summed E-state index contributed by atoms with van der Waals surface area (Å²) in [6.45, 7) is 0.524. The molecule has 1 N–H and O–H groups in total. The number of sulfone groups is 1. The molecule has 2 aromatic rings. The minimum Gasteiger partial charge on any atom is -0.444 e. The Hall–Kier alpha value is -1.04. The van der Waals surface area contributed by atoms with Gasteiger partial charge in [-0.1, -0.05) is 18.2 Å². The molecule has 102 valence electrons. The van der Waals surface area contributed by atoms with Crippen LogP contribution < -0.4 is 5.32 Å². The summed E-state index contributed by atoms with van der Waals surface area (Å²) in [5, 5.41) is 4.59. The Kier molecular flexibility index (Phi) is 3.28. The van der Waals surface area contributed by atoms with E-state index in [9.17, 15) is 8.42 Å². The fourth-order valence-electron chi connectivity index (χ4n) is 2.44. The molecule has 1 aliphatic rings. The SMILES string of the molecule is O=S1(=O)CCC(NCc2c(Cl)oc3ccccc23)C1. The standard InChI is InChI=1S/C13H14ClNO3S/c14-13-11(10-3-1-2-4-12(10)18-13)7-15-9-5-6-19(16,17)8-9/h1-4,9,15H,5-8H2. The summed E-state index contributed by atoms with van der Waals surface area (Å²) in [5.41, 5.74) is 1.64. The Morgan fingerprint density at radius 1 is 1.37 bits per heavy atom. The first-order chi connectivity index (χ1) is 9.05. The fraction of sp³-hybridized carbons (Fsp3) is 0.385. The lowest BCUT2D eigenvalue weighted by atomic mass is 10.1. The normalized spacial score (nSPS) is 22.1. The van der Waals surface area contributed by atoms with Crippen molar-refractivity contribution in [3.63, 3.8) is 0 Å². The molecular weight excluding hydrogens is 286 g/mol. The van der Waals surface area contributed by atoms with E-state index in [4.69, 9.17) is 16.0 Å². The minimum absolute atomic E-state index is 0.00901. The summed E-state index contributed by atoms with van der Waals surface area (Å²) in [6, 6.07) is 7.65. The third kappa shape index (κ3) is 2.63. The molecule has 19 heavy (non-hydrogen) atoms. The number of rotatable bonds is 3. The first-order valence-electron chi connectivity index (χ1n) is 6.15. The lowest BCUT2D eigenvalue weighted by Crippen LogP contribution is -2.29. The molecule has 0 aliphatic carbocycles. The maximum absolute atomic E-state index is 11.4. The van der Waals surface area contributed by atoms with Gasteiger partial charge in [-0.3, -0.25) is 0 Å². The molecule has 1 aromatic heterocycles. The van der Waals surface area contributed by atoms with Crippen LogP contribution in [0.1, 0.15) is 12.0 Å². The molecule has 3 rings (SSSR count). The largest absolute Gasteiger partial charge is 0.444 e. The summed E-state index contributed by atoms with van der Waals surface area (Å²) in [7, 11) is -2.86. The molecule has 1 atom stereocenters. The molecule has 0 bridgehead atoms. The monoisotopic (exact) mass is 299 g/mol. The Labute approximate surface area is 116 Å². The van der Waals surface area contributed by atoms with Crippen molar-refractivity contribution in [3.05, 3.63) is 35.0 Å². The van der Waals surface area contributed by atoms with Gasteiger partial charge < -0.3 is 9.73 Å².